The number of nitrogens with one attached hydrogen (secondary N) is 1. The second kappa shape index (κ2) is 7.39. The van der Waals surface area contributed by atoms with Crippen LogP contribution in [0.15, 0.2) is 24.3 Å². The molecule has 4 heteroatoms. The molecule has 0 aliphatic carbocycles. The van der Waals surface area contributed by atoms with E-state index in [9.17, 15) is 9.18 Å². The smallest absolute Gasteiger partial charge is 0.226 e. The van der Waals surface area contributed by atoms with Crippen LogP contribution < -0.4 is 5.32 Å². The van der Waals surface area contributed by atoms with Crippen molar-refractivity contribution >= 4 is 5.91 Å². The third-order valence-electron chi connectivity index (χ3n) is 3.94. The molecular weight excluding hydrogens is 255 g/mol. The van der Waals surface area contributed by atoms with Crippen LogP contribution in [0.5, 0.6) is 0 Å². The van der Waals surface area contributed by atoms with E-state index in [1.165, 1.54) is 12.1 Å². The van der Waals surface area contributed by atoms with Crippen LogP contribution in [0.1, 0.15) is 25.3 Å². The normalized spacial score (nSPS) is 16.1. The van der Waals surface area contributed by atoms with Crippen LogP contribution in [-0.4, -0.2) is 37.0 Å². The molecule has 0 unspecified atom stereocenters. The third-order valence-corrected chi connectivity index (χ3v) is 3.94. The van der Waals surface area contributed by atoms with E-state index in [2.05, 4.69) is 5.32 Å². The second-order valence-corrected chi connectivity index (χ2v) is 5.43. The van der Waals surface area contributed by atoms with Gasteiger partial charge in [0.25, 0.3) is 0 Å². The Hall–Kier alpha value is -1.42. The number of nitrogens with zero attached hydrogens (tertiary/aromatic N) is 1. The SMILES string of the molecule is CCN(CC1CCNCC1)C(=O)Cc1ccc(F)cc1. The van der Waals surface area contributed by atoms with Gasteiger partial charge in [0.05, 0.1) is 6.42 Å². The first-order chi connectivity index (χ1) is 9.69. The van der Waals surface area contributed by atoms with Gasteiger partial charge in [-0.15, -0.1) is 0 Å². The maximum atomic E-state index is 12.9. The molecular formula is C16H23FN2O. The maximum absolute atomic E-state index is 12.9. The van der Waals surface area contributed by atoms with Gasteiger partial charge in [-0.05, 0) is 56.5 Å². The van der Waals surface area contributed by atoms with E-state index in [1.54, 1.807) is 12.1 Å². The van der Waals surface area contributed by atoms with Crippen molar-refractivity contribution in [3.63, 3.8) is 0 Å². The number of amides is 1. The summed E-state index contributed by atoms with van der Waals surface area (Å²) in [7, 11) is 0. The molecule has 0 spiro atoms. The van der Waals surface area contributed by atoms with Gasteiger partial charge in [-0.25, -0.2) is 4.39 Å². The van der Waals surface area contributed by atoms with Crippen LogP contribution >= 0.6 is 0 Å². The molecule has 1 heterocycles. The molecule has 0 radical (unpaired) electrons. The summed E-state index contributed by atoms with van der Waals surface area (Å²) in [5.41, 5.74) is 0.875. The van der Waals surface area contributed by atoms with Crippen molar-refractivity contribution in [2.24, 2.45) is 5.92 Å². The van der Waals surface area contributed by atoms with Gasteiger partial charge in [-0.3, -0.25) is 4.79 Å². The minimum absolute atomic E-state index is 0.137. The number of piperidine rings is 1. The monoisotopic (exact) mass is 278 g/mol. The van der Waals surface area contributed by atoms with E-state index in [0.29, 0.717) is 12.3 Å². The summed E-state index contributed by atoms with van der Waals surface area (Å²) in [6.07, 6.45) is 2.64. The molecule has 1 saturated heterocycles. The summed E-state index contributed by atoms with van der Waals surface area (Å²) in [5, 5.41) is 3.34. The number of carbonyl (C=O) groups is 1. The van der Waals surface area contributed by atoms with Crippen LogP contribution in [-0.2, 0) is 11.2 Å². The number of likely N-dealkylation sites (N-methyl/N-ethyl adjacent to an activating group) is 1. The van der Waals surface area contributed by atoms with E-state index in [-0.39, 0.29) is 11.7 Å². The summed E-state index contributed by atoms with van der Waals surface area (Å²) in [6.45, 7) is 5.70. The van der Waals surface area contributed by atoms with Crippen LogP contribution in [0.3, 0.4) is 0 Å². The van der Waals surface area contributed by atoms with Gasteiger partial charge in [0.2, 0.25) is 5.91 Å². The lowest BCUT2D eigenvalue weighted by molar-refractivity contribution is -0.131. The lowest BCUT2D eigenvalue weighted by Crippen LogP contribution is -2.39. The average molecular weight is 278 g/mol. The predicted molar refractivity (Wildman–Crippen MR) is 78.0 cm³/mol. The standard InChI is InChI=1S/C16H23FN2O/c1-2-19(12-14-7-9-18-10-8-14)16(20)11-13-3-5-15(17)6-4-13/h3-6,14,18H,2,7-12H2,1H3. The van der Waals surface area contributed by atoms with Crippen LogP contribution in [0.4, 0.5) is 4.39 Å². The molecule has 1 aliphatic rings. The molecule has 1 aromatic carbocycles. The van der Waals surface area contributed by atoms with Gasteiger partial charge < -0.3 is 10.2 Å². The maximum Gasteiger partial charge on any atom is 0.226 e. The zero-order valence-corrected chi connectivity index (χ0v) is 12.1. The molecule has 0 saturated carbocycles. The highest BCUT2D eigenvalue weighted by Crippen LogP contribution is 2.14. The van der Waals surface area contributed by atoms with Gasteiger partial charge in [0.1, 0.15) is 5.82 Å². The predicted octanol–water partition coefficient (Wildman–Crippen LogP) is 2.22. The Balaban J connectivity index is 1.89. The minimum Gasteiger partial charge on any atom is -0.342 e. The highest BCUT2D eigenvalue weighted by atomic mass is 19.1. The summed E-state index contributed by atoms with van der Waals surface area (Å²) in [5.74, 6) is 0.481. The number of hydrogen-bond acceptors (Lipinski definition) is 2. The van der Waals surface area contributed by atoms with E-state index in [0.717, 1.165) is 44.6 Å². The third kappa shape index (κ3) is 4.30. The molecule has 1 aliphatic heterocycles. The Morgan fingerprint density at radius 3 is 2.55 bits per heavy atom. The molecule has 1 amide bonds. The van der Waals surface area contributed by atoms with Crippen molar-refractivity contribution in [3.05, 3.63) is 35.6 Å². The van der Waals surface area contributed by atoms with Crippen LogP contribution in [0, 0.1) is 11.7 Å². The van der Waals surface area contributed by atoms with Gasteiger partial charge >= 0.3 is 0 Å². The van der Waals surface area contributed by atoms with E-state index < -0.39 is 0 Å². The summed E-state index contributed by atoms with van der Waals surface area (Å²) < 4.78 is 12.9. The molecule has 0 bridgehead atoms. The topological polar surface area (TPSA) is 32.3 Å². The van der Waals surface area contributed by atoms with Crippen LogP contribution in [0.25, 0.3) is 0 Å². The Labute approximate surface area is 120 Å². The van der Waals surface area contributed by atoms with Crippen molar-refractivity contribution in [2.75, 3.05) is 26.2 Å². The largest absolute Gasteiger partial charge is 0.342 e. The fourth-order valence-electron chi connectivity index (χ4n) is 2.67. The number of carbonyl (C=O) groups excluding carboxylic acids is 1. The van der Waals surface area contributed by atoms with E-state index in [4.69, 9.17) is 0 Å². The summed E-state index contributed by atoms with van der Waals surface area (Å²) in [4.78, 5) is 14.2. The van der Waals surface area contributed by atoms with Crippen molar-refractivity contribution in [1.29, 1.82) is 0 Å². The lowest BCUT2D eigenvalue weighted by atomic mass is 9.97. The molecule has 1 N–H and O–H groups in total. The zero-order chi connectivity index (χ0) is 14.4. The van der Waals surface area contributed by atoms with E-state index >= 15 is 0 Å². The molecule has 110 valence electrons. The molecule has 3 nitrogen and oxygen atoms in total. The van der Waals surface area contributed by atoms with Crippen molar-refractivity contribution in [3.8, 4) is 0 Å². The summed E-state index contributed by atoms with van der Waals surface area (Å²) in [6, 6.07) is 6.19. The highest BCUT2D eigenvalue weighted by Gasteiger charge is 2.19. The van der Waals surface area contributed by atoms with Gasteiger partial charge in [-0.2, -0.15) is 0 Å². The molecule has 1 fully saturated rings. The molecule has 1 aromatic rings. The van der Waals surface area contributed by atoms with Gasteiger partial charge in [0, 0.05) is 13.1 Å². The Bertz CT molecular complexity index is 427. The zero-order valence-electron chi connectivity index (χ0n) is 12.1. The number of rotatable bonds is 5. The Morgan fingerprint density at radius 2 is 1.95 bits per heavy atom. The fraction of sp³-hybridized carbons (Fsp3) is 0.562. The molecule has 20 heavy (non-hydrogen) atoms. The molecule has 2 rings (SSSR count). The molecule has 0 atom stereocenters. The Kier molecular flexibility index (Phi) is 5.53. The highest BCUT2D eigenvalue weighted by molar-refractivity contribution is 5.78. The number of halogens is 1. The number of benzene rings is 1. The van der Waals surface area contributed by atoms with E-state index in [1.807, 2.05) is 11.8 Å². The number of hydrogen-bond donors (Lipinski definition) is 1. The average Bonchev–Trinajstić information content (AvgIpc) is 2.48. The van der Waals surface area contributed by atoms with Crippen molar-refractivity contribution < 1.29 is 9.18 Å². The molecule has 0 aromatic heterocycles. The van der Waals surface area contributed by atoms with Crippen molar-refractivity contribution in [1.82, 2.24) is 10.2 Å². The van der Waals surface area contributed by atoms with Crippen molar-refractivity contribution in [2.45, 2.75) is 26.2 Å². The summed E-state index contributed by atoms with van der Waals surface area (Å²) >= 11 is 0. The minimum atomic E-state index is -0.261. The quantitative estimate of drug-likeness (QED) is 0.895. The Morgan fingerprint density at radius 1 is 1.30 bits per heavy atom. The second-order valence-electron chi connectivity index (χ2n) is 5.43. The lowest BCUT2D eigenvalue weighted by Gasteiger charge is -2.29. The van der Waals surface area contributed by atoms with Gasteiger partial charge in [0.15, 0.2) is 0 Å². The fourth-order valence-corrected chi connectivity index (χ4v) is 2.67. The van der Waals surface area contributed by atoms with Gasteiger partial charge in [-0.1, -0.05) is 12.1 Å². The first-order valence-electron chi connectivity index (χ1n) is 7.42. The first kappa shape index (κ1) is 15.0. The van der Waals surface area contributed by atoms with Crippen LogP contribution in [0.2, 0.25) is 0 Å². The first-order valence-corrected chi connectivity index (χ1v) is 7.42.